The van der Waals surface area contributed by atoms with Gasteiger partial charge in [0.1, 0.15) is 5.82 Å². The Morgan fingerprint density at radius 3 is 2.29 bits per heavy atom. The van der Waals surface area contributed by atoms with Gasteiger partial charge >= 0.3 is 6.18 Å². The highest BCUT2D eigenvalue weighted by Crippen LogP contribution is 2.29. The van der Waals surface area contributed by atoms with Crippen LogP contribution in [0, 0.1) is 5.82 Å². The minimum absolute atomic E-state index is 0. The SMILES string of the molecule is Cl.Fc1cc(C(F)(F)F)cnc1CCl. The van der Waals surface area contributed by atoms with Crippen LogP contribution in [0.4, 0.5) is 17.6 Å². The third-order valence-electron chi connectivity index (χ3n) is 1.37. The number of hydrogen-bond donors (Lipinski definition) is 0. The molecule has 0 aliphatic heterocycles. The van der Waals surface area contributed by atoms with Gasteiger partial charge in [-0.3, -0.25) is 4.98 Å². The smallest absolute Gasteiger partial charge is 0.256 e. The Morgan fingerprint density at radius 2 is 1.93 bits per heavy atom. The maximum Gasteiger partial charge on any atom is 0.417 e. The van der Waals surface area contributed by atoms with Crippen molar-refractivity contribution in [2.24, 2.45) is 0 Å². The summed E-state index contributed by atoms with van der Waals surface area (Å²) in [4.78, 5) is 3.24. The fourth-order valence-electron chi connectivity index (χ4n) is 0.720. The van der Waals surface area contributed by atoms with Crippen molar-refractivity contribution >= 4 is 24.0 Å². The van der Waals surface area contributed by atoms with E-state index in [-0.39, 0.29) is 24.0 Å². The molecule has 1 nitrogen and oxygen atoms in total. The van der Waals surface area contributed by atoms with E-state index in [0.717, 1.165) is 0 Å². The van der Waals surface area contributed by atoms with E-state index in [9.17, 15) is 17.6 Å². The fourth-order valence-corrected chi connectivity index (χ4v) is 0.916. The van der Waals surface area contributed by atoms with Gasteiger partial charge in [-0.2, -0.15) is 13.2 Å². The highest BCUT2D eigenvalue weighted by molar-refractivity contribution is 6.16. The summed E-state index contributed by atoms with van der Waals surface area (Å²) in [5.74, 6) is -1.28. The van der Waals surface area contributed by atoms with Crippen LogP contribution < -0.4 is 0 Å². The number of pyridine rings is 1. The van der Waals surface area contributed by atoms with Gasteiger partial charge < -0.3 is 0 Å². The predicted octanol–water partition coefficient (Wildman–Crippen LogP) is 3.40. The van der Waals surface area contributed by atoms with Crippen molar-refractivity contribution in [2.75, 3.05) is 0 Å². The number of hydrogen-bond acceptors (Lipinski definition) is 1. The van der Waals surface area contributed by atoms with Crippen molar-refractivity contribution in [3.63, 3.8) is 0 Å². The lowest BCUT2D eigenvalue weighted by Gasteiger charge is -2.06. The van der Waals surface area contributed by atoms with Gasteiger partial charge in [0, 0.05) is 6.20 Å². The summed E-state index contributed by atoms with van der Waals surface area (Å²) in [7, 11) is 0. The van der Waals surface area contributed by atoms with Crippen LogP contribution in [0.2, 0.25) is 0 Å². The molecule has 0 fully saturated rings. The van der Waals surface area contributed by atoms with Crippen LogP contribution in [0.25, 0.3) is 0 Å². The molecule has 0 bridgehead atoms. The molecule has 0 atom stereocenters. The molecule has 7 heteroatoms. The first-order chi connectivity index (χ1) is 5.95. The molecule has 1 aromatic heterocycles. The second-order valence-electron chi connectivity index (χ2n) is 2.28. The Morgan fingerprint density at radius 1 is 1.36 bits per heavy atom. The number of rotatable bonds is 1. The standard InChI is InChI=1S/C7H4ClF4N.ClH/c8-2-6-5(9)1-4(3-13-6)7(10,11)12;/h1,3H,2H2;1H. The molecule has 1 rings (SSSR count). The Labute approximate surface area is 88.5 Å². The zero-order chi connectivity index (χ0) is 10.1. The second-order valence-corrected chi connectivity index (χ2v) is 2.55. The minimum Gasteiger partial charge on any atom is -0.256 e. The van der Waals surface area contributed by atoms with E-state index in [1.807, 2.05) is 0 Å². The van der Waals surface area contributed by atoms with Crippen LogP contribution in [0.1, 0.15) is 11.3 Å². The molecule has 0 radical (unpaired) electrons. The quantitative estimate of drug-likeness (QED) is 0.549. The summed E-state index contributed by atoms with van der Waals surface area (Å²) in [6.45, 7) is 0. The number of alkyl halides is 4. The van der Waals surface area contributed by atoms with E-state index in [4.69, 9.17) is 11.6 Å². The topological polar surface area (TPSA) is 12.9 Å². The summed E-state index contributed by atoms with van der Waals surface area (Å²) in [6.07, 6.45) is -4.01. The molecule has 1 heterocycles. The van der Waals surface area contributed by atoms with Crippen LogP contribution in [0.15, 0.2) is 12.3 Å². The van der Waals surface area contributed by atoms with Crippen molar-refractivity contribution in [3.8, 4) is 0 Å². The third-order valence-corrected chi connectivity index (χ3v) is 1.62. The third kappa shape index (κ3) is 2.99. The lowest BCUT2D eigenvalue weighted by molar-refractivity contribution is -0.138. The van der Waals surface area contributed by atoms with E-state index < -0.39 is 17.6 Å². The molecular weight excluding hydrogens is 245 g/mol. The van der Waals surface area contributed by atoms with E-state index >= 15 is 0 Å². The van der Waals surface area contributed by atoms with Crippen LogP contribution in [0.3, 0.4) is 0 Å². The van der Waals surface area contributed by atoms with Crippen molar-refractivity contribution < 1.29 is 17.6 Å². The minimum atomic E-state index is -4.57. The van der Waals surface area contributed by atoms with E-state index in [2.05, 4.69) is 4.98 Å². The largest absolute Gasteiger partial charge is 0.417 e. The molecule has 0 spiro atoms. The molecular formula is C7H5Cl2F4N. The normalized spacial score (nSPS) is 10.9. The highest BCUT2D eigenvalue weighted by Gasteiger charge is 2.31. The van der Waals surface area contributed by atoms with Crippen LogP contribution in [-0.2, 0) is 12.1 Å². The van der Waals surface area contributed by atoms with Gasteiger partial charge in [0.25, 0.3) is 0 Å². The van der Waals surface area contributed by atoms with Crippen LogP contribution >= 0.6 is 24.0 Å². The monoisotopic (exact) mass is 249 g/mol. The molecule has 0 aliphatic rings. The van der Waals surface area contributed by atoms with E-state index in [1.54, 1.807) is 0 Å². The predicted molar refractivity (Wildman–Crippen MR) is 46.0 cm³/mol. The van der Waals surface area contributed by atoms with Gasteiger partial charge in [-0.15, -0.1) is 24.0 Å². The zero-order valence-corrected chi connectivity index (χ0v) is 8.18. The van der Waals surface area contributed by atoms with E-state index in [1.165, 1.54) is 0 Å². The lowest BCUT2D eigenvalue weighted by atomic mass is 10.2. The second kappa shape index (κ2) is 4.79. The molecule has 0 saturated heterocycles. The molecule has 0 unspecified atom stereocenters. The van der Waals surface area contributed by atoms with Crippen LogP contribution in [0.5, 0.6) is 0 Å². The molecule has 80 valence electrons. The highest BCUT2D eigenvalue weighted by atomic mass is 35.5. The molecule has 0 aromatic carbocycles. The average molecular weight is 250 g/mol. The molecule has 0 N–H and O–H groups in total. The first kappa shape index (κ1) is 13.4. The number of aromatic nitrogens is 1. The average Bonchev–Trinajstić information content (AvgIpc) is 2.02. The number of nitrogens with zero attached hydrogens (tertiary/aromatic N) is 1. The van der Waals surface area contributed by atoms with E-state index in [0.29, 0.717) is 12.3 Å². The summed E-state index contributed by atoms with van der Waals surface area (Å²) < 4.78 is 48.6. The summed E-state index contributed by atoms with van der Waals surface area (Å²) >= 11 is 5.22. The van der Waals surface area contributed by atoms with Gasteiger partial charge in [-0.25, -0.2) is 4.39 Å². The van der Waals surface area contributed by atoms with Crippen molar-refractivity contribution in [3.05, 3.63) is 29.3 Å². The summed E-state index contributed by atoms with van der Waals surface area (Å²) in [5, 5.41) is 0. The summed E-state index contributed by atoms with van der Waals surface area (Å²) in [6, 6.07) is 0.380. The maximum absolute atomic E-state index is 12.7. The van der Waals surface area contributed by atoms with Crippen molar-refractivity contribution in [1.82, 2.24) is 4.98 Å². The molecule has 14 heavy (non-hydrogen) atoms. The fraction of sp³-hybridized carbons (Fsp3) is 0.286. The Kier molecular flexibility index (Phi) is 4.61. The maximum atomic E-state index is 12.7. The van der Waals surface area contributed by atoms with Crippen LogP contribution in [-0.4, -0.2) is 4.98 Å². The molecule has 0 aliphatic carbocycles. The Bertz CT molecular complexity index is 313. The van der Waals surface area contributed by atoms with Crippen molar-refractivity contribution in [2.45, 2.75) is 12.1 Å². The Balaban J connectivity index is 0.00000169. The van der Waals surface area contributed by atoms with Gasteiger partial charge in [-0.05, 0) is 6.07 Å². The zero-order valence-electron chi connectivity index (χ0n) is 6.61. The first-order valence-corrected chi connectivity index (χ1v) is 3.76. The Hall–Kier alpha value is -0.550. The van der Waals surface area contributed by atoms with Gasteiger partial charge in [0.15, 0.2) is 0 Å². The first-order valence-electron chi connectivity index (χ1n) is 3.22. The number of halogens is 6. The molecule has 0 amide bonds. The van der Waals surface area contributed by atoms with Gasteiger partial charge in [-0.1, -0.05) is 0 Å². The van der Waals surface area contributed by atoms with Gasteiger partial charge in [0.05, 0.1) is 17.1 Å². The summed E-state index contributed by atoms with van der Waals surface area (Å²) in [5.41, 5.74) is -1.30. The molecule has 1 aromatic rings. The lowest BCUT2D eigenvalue weighted by Crippen LogP contribution is -2.07. The van der Waals surface area contributed by atoms with Crippen molar-refractivity contribution in [1.29, 1.82) is 0 Å². The molecule has 0 saturated carbocycles. The van der Waals surface area contributed by atoms with Gasteiger partial charge in [0.2, 0.25) is 0 Å².